The lowest BCUT2D eigenvalue weighted by Gasteiger charge is -2.19. The molecule has 0 fully saturated rings. The second-order valence-electron chi connectivity index (χ2n) is 5.05. The van der Waals surface area contributed by atoms with Gasteiger partial charge in [-0.15, -0.1) is 0 Å². The predicted octanol–water partition coefficient (Wildman–Crippen LogP) is 3.40. The molecule has 0 unspecified atom stereocenters. The molecule has 2 aromatic carbocycles. The second kappa shape index (κ2) is 5.45. The van der Waals surface area contributed by atoms with Gasteiger partial charge in [0.2, 0.25) is 0 Å². The molecule has 98 valence electrons. The molecule has 2 heteroatoms. The monoisotopic (exact) mass is 253 g/mol. The number of hydrogen-bond donors (Lipinski definition) is 0. The second-order valence-corrected chi connectivity index (χ2v) is 5.05. The molecule has 0 aromatic heterocycles. The number of ether oxygens (including phenoxy) is 1. The van der Waals surface area contributed by atoms with Gasteiger partial charge in [0.1, 0.15) is 0 Å². The van der Waals surface area contributed by atoms with Crippen molar-refractivity contribution in [3.05, 3.63) is 65.2 Å². The van der Waals surface area contributed by atoms with E-state index in [-0.39, 0.29) is 0 Å². The third kappa shape index (κ3) is 2.64. The van der Waals surface area contributed by atoms with Gasteiger partial charge in [0.25, 0.3) is 0 Å². The Morgan fingerprint density at radius 2 is 1.89 bits per heavy atom. The zero-order valence-corrected chi connectivity index (χ0v) is 11.3. The molecule has 1 heterocycles. The molecule has 0 atom stereocenters. The highest BCUT2D eigenvalue weighted by atomic mass is 16.5. The van der Waals surface area contributed by atoms with Crippen LogP contribution < -0.4 is 4.90 Å². The van der Waals surface area contributed by atoms with E-state index < -0.39 is 0 Å². The highest BCUT2D eigenvalue weighted by Crippen LogP contribution is 2.30. The van der Waals surface area contributed by atoms with Crippen LogP contribution in [0.3, 0.4) is 0 Å². The summed E-state index contributed by atoms with van der Waals surface area (Å²) in [5.74, 6) is 0. The molecule has 0 bridgehead atoms. The van der Waals surface area contributed by atoms with Gasteiger partial charge in [-0.25, -0.2) is 0 Å². The van der Waals surface area contributed by atoms with Crippen LogP contribution in [0.5, 0.6) is 0 Å². The Bertz CT molecular complexity index is 550. The van der Waals surface area contributed by atoms with Crippen molar-refractivity contribution in [1.29, 1.82) is 0 Å². The number of anilines is 1. The van der Waals surface area contributed by atoms with E-state index in [0.717, 1.165) is 19.5 Å². The average Bonchev–Trinajstić information content (AvgIpc) is 2.83. The van der Waals surface area contributed by atoms with E-state index >= 15 is 0 Å². The molecule has 0 amide bonds. The average molecular weight is 253 g/mol. The van der Waals surface area contributed by atoms with Crippen molar-refractivity contribution in [3.63, 3.8) is 0 Å². The lowest BCUT2D eigenvalue weighted by atomic mass is 10.1. The fourth-order valence-electron chi connectivity index (χ4n) is 2.75. The van der Waals surface area contributed by atoms with Gasteiger partial charge < -0.3 is 9.64 Å². The van der Waals surface area contributed by atoms with Crippen LogP contribution in [0.1, 0.15) is 16.7 Å². The van der Waals surface area contributed by atoms with Crippen LogP contribution in [0.15, 0.2) is 48.5 Å². The Morgan fingerprint density at radius 1 is 1.05 bits per heavy atom. The largest absolute Gasteiger partial charge is 0.380 e. The summed E-state index contributed by atoms with van der Waals surface area (Å²) in [7, 11) is 1.74. The Balaban J connectivity index is 1.79. The van der Waals surface area contributed by atoms with E-state index in [1.165, 1.54) is 22.4 Å². The molecule has 3 rings (SSSR count). The van der Waals surface area contributed by atoms with Gasteiger partial charge in [-0.1, -0.05) is 42.5 Å². The Kier molecular flexibility index (Phi) is 3.51. The third-order valence-corrected chi connectivity index (χ3v) is 3.66. The maximum atomic E-state index is 5.20. The molecular weight excluding hydrogens is 234 g/mol. The van der Waals surface area contributed by atoms with Crippen LogP contribution in [0.25, 0.3) is 0 Å². The maximum absolute atomic E-state index is 5.20. The lowest BCUT2D eigenvalue weighted by Crippen LogP contribution is -2.19. The van der Waals surface area contributed by atoms with Crippen LogP contribution in [0.2, 0.25) is 0 Å². The SMILES string of the molecule is COCc1ccc2c(c1)CCN2Cc1ccccc1. The first-order valence-electron chi connectivity index (χ1n) is 6.76. The fraction of sp³-hybridized carbons (Fsp3) is 0.294. The standard InChI is InChI=1S/C17H19NO/c1-19-13-15-7-8-17-16(11-15)9-10-18(17)12-14-5-3-2-4-6-14/h2-8,11H,9-10,12-13H2,1H3. The molecule has 0 aliphatic carbocycles. The summed E-state index contributed by atoms with van der Waals surface area (Å²) in [6, 6.07) is 17.4. The van der Waals surface area contributed by atoms with E-state index in [4.69, 9.17) is 4.74 Å². The van der Waals surface area contributed by atoms with Crippen molar-refractivity contribution in [2.45, 2.75) is 19.6 Å². The molecule has 0 saturated carbocycles. The van der Waals surface area contributed by atoms with Crippen LogP contribution in [0.4, 0.5) is 5.69 Å². The van der Waals surface area contributed by atoms with Gasteiger partial charge in [-0.05, 0) is 29.2 Å². The summed E-state index contributed by atoms with van der Waals surface area (Å²) >= 11 is 0. The Morgan fingerprint density at radius 3 is 2.68 bits per heavy atom. The summed E-state index contributed by atoms with van der Waals surface area (Å²) < 4.78 is 5.20. The molecule has 0 radical (unpaired) electrons. The zero-order valence-electron chi connectivity index (χ0n) is 11.3. The van der Waals surface area contributed by atoms with E-state index in [1.807, 2.05) is 0 Å². The molecule has 1 aliphatic heterocycles. The fourth-order valence-corrected chi connectivity index (χ4v) is 2.75. The Labute approximate surface area is 114 Å². The van der Waals surface area contributed by atoms with Gasteiger partial charge in [-0.2, -0.15) is 0 Å². The minimum Gasteiger partial charge on any atom is -0.380 e. The zero-order chi connectivity index (χ0) is 13.1. The number of fused-ring (bicyclic) bond motifs is 1. The van der Waals surface area contributed by atoms with Gasteiger partial charge in [-0.3, -0.25) is 0 Å². The number of methoxy groups -OCH3 is 1. The maximum Gasteiger partial charge on any atom is 0.0713 e. The van der Waals surface area contributed by atoms with Gasteiger partial charge in [0, 0.05) is 25.9 Å². The first-order valence-corrected chi connectivity index (χ1v) is 6.76. The van der Waals surface area contributed by atoms with Crippen molar-refractivity contribution in [1.82, 2.24) is 0 Å². The van der Waals surface area contributed by atoms with Crippen molar-refractivity contribution in [3.8, 4) is 0 Å². The summed E-state index contributed by atoms with van der Waals surface area (Å²) in [5.41, 5.74) is 5.47. The minimum atomic E-state index is 0.700. The predicted molar refractivity (Wildman–Crippen MR) is 78.4 cm³/mol. The quantitative estimate of drug-likeness (QED) is 0.828. The number of hydrogen-bond acceptors (Lipinski definition) is 2. The number of rotatable bonds is 4. The van der Waals surface area contributed by atoms with Crippen molar-refractivity contribution in [2.24, 2.45) is 0 Å². The first-order chi connectivity index (χ1) is 9.36. The summed E-state index contributed by atoms with van der Waals surface area (Å²) in [5, 5.41) is 0. The van der Waals surface area contributed by atoms with Crippen LogP contribution >= 0.6 is 0 Å². The van der Waals surface area contributed by atoms with Crippen molar-refractivity contribution >= 4 is 5.69 Å². The molecule has 0 saturated heterocycles. The van der Waals surface area contributed by atoms with Crippen LogP contribution in [-0.4, -0.2) is 13.7 Å². The van der Waals surface area contributed by atoms with E-state index in [1.54, 1.807) is 7.11 Å². The molecule has 2 aromatic rings. The van der Waals surface area contributed by atoms with Crippen LogP contribution in [0, 0.1) is 0 Å². The minimum absolute atomic E-state index is 0.700. The molecule has 2 nitrogen and oxygen atoms in total. The Hall–Kier alpha value is -1.80. The summed E-state index contributed by atoms with van der Waals surface area (Å²) in [6.45, 7) is 2.81. The molecule has 0 spiro atoms. The van der Waals surface area contributed by atoms with Gasteiger partial charge in [0.15, 0.2) is 0 Å². The topological polar surface area (TPSA) is 12.5 Å². The normalized spacial score (nSPS) is 13.6. The molecule has 0 N–H and O–H groups in total. The molecule has 19 heavy (non-hydrogen) atoms. The lowest BCUT2D eigenvalue weighted by molar-refractivity contribution is 0.185. The van der Waals surface area contributed by atoms with Crippen LogP contribution in [-0.2, 0) is 24.3 Å². The van der Waals surface area contributed by atoms with E-state index in [0.29, 0.717) is 6.61 Å². The molecule has 1 aliphatic rings. The first kappa shape index (κ1) is 12.2. The van der Waals surface area contributed by atoms with Gasteiger partial charge in [0.05, 0.1) is 6.61 Å². The summed E-state index contributed by atoms with van der Waals surface area (Å²) in [4.78, 5) is 2.46. The summed E-state index contributed by atoms with van der Waals surface area (Å²) in [6.07, 6.45) is 1.14. The highest BCUT2D eigenvalue weighted by Gasteiger charge is 2.19. The number of benzene rings is 2. The molecular formula is C17H19NO. The smallest absolute Gasteiger partial charge is 0.0713 e. The number of nitrogens with zero attached hydrogens (tertiary/aromatic N) is 1. The van der Waals surface area contributed by atoms with Crippen molar-refractivity contribution < 1.29 is 4.74 Å². The van der Waals surface area contributed by atoms with Crippen molar-refractivity contribution in [2.75, 3.05) is 18.6 Å². The third-order valence-electron chi connectivity index (χ3n) is 3.66. The van der Waals surface area contributed by atoms with Gasteiger partial charge >= 0.3 is 0 Å². The van der Waals surface area contributed by atoms with E-state index in [9.17, 15) is 0 Å². The highest BCUT2D eigenvalue weighted by molar-refractivity contribution is 5.59. The van der Waals surface area contributed by atoms with E-state index in [2.05, 4.69) is 53.4 Å².